The fourth-order valence-corrected chi connectivity index (χ4v) is 2.15. The molecule has 1 saturated carbocycles. The van der Waals surface area contributed by atoms with Crippen molar-refractivity contribution >= 4 is 5.97 Å². The lowest BCUT2D eigenvalue weighted by Crippen LogP contribution is -2.52. The van der Waals surface area contributed by atoms with Crippen LogP contribution in [-0.4, -0.2) is 23.7 Å². The second-order valence-corrected chi connectivity index (χ2v) is 3.99. The average molecular weight is 185 g/mol. The zero-order chi connectivity index (χ0) is 9.90. The van der Waals surface area contributed by atoms with Crippen molar-refractivity contribution in [1.29, 1.82) is 0 Å². The van der Waals surface area contributed by atoms with Crippen LogP contribution >= 0.6 is 0 Å². The molecule has 1 fully saturated rings. The van der Waals surface area contributed by atoms with Gasteiger partial charge in [-0.3, -0.25) is 4.79 Å². The zero-order valence-electron chi connectivity index (χ0n) is 8.47. The van der Waals surface area contributed by atoms with E-state index in [1.165, 1.54) is 6.42 Å². The van der Waals surface area contributed by atoms with E-state index >= 15 is 0 Å². The maximum absolute atomic E-state index is 11.0. The van der Waals surface area contributed by atoms with Crippen molar-refractivity contribution in [2.75, 3.05) is 7.05 Å². The summed E-state index contributed by atoms with van der Waals surface area (Å²) < 4.78 is 0. The fraction of sp³-hybridized carbons (Fsp3) is 0.900. The smallest absolute Gasteiger partial charge is 0.323 e. The van der Waals surface area contributed by atoms with E-state index in [0.29, 0.717) is 0 Å². The van der Waals surface area contributed by atoms with E-state index in [9.17, 15) is 4.79 Å². The molecule has 0 radical (unpaired) electrons. The van der Waals surface area contributed by atoms with Crippen LogP contribution in [0, 0.1) is 5.92 Å². The number of carboxylic acids is 1. The molecule has 0 spiro atoms. The third kappa shape index (κ3) is 2.02. The first-order chi connectivity index (χ1) is 6.14. The summed E-state index contributed by atoms with van der Waals surface area (Å²) in [7, 11) is 1.75. The Bertz CT molecular complexity index is 183. The summed E-state index contributed by atoms with van der Waals surface area (Å²) >= 11 is 0. The molecule has 0 unspecified atom stereocenters. The number of hydrogen-bond donors (Lipinski definition) is 2. The SMILES string of the molecule is CCC1CCC(NC)(C(=O)O)CC1. The summed E-state index contributed by atoms with van der Waals surface area (Å²) in [6.07, 6.45) is 4.82. The van der Waals surface area contributed by atoms with E-state index in [-0.39, 0.29) is 0 Å². The van der Waals surface area contributed by atoms with Gasteiger partial charge in [0.25, 0.3) is 0 Å². The summed E-state index contributed by atoms with van der Waals surface area (Å²) in [5, 5.41) is 12.0. The molecule has 0 aliphatic heterocycles. The topological polar surface area (TPSA) is 49.3 Å². The number of rotatable bonds is 3. The van der Waals surface area contributed by atoms with Crippen molar-refractivity contribution < 1.29 is 9.90 Å². The highest BCUT2D eigenvalue weighted by molar-refractivity contribution is 5.78. The van der Waals surface area contributed by atoms with Crippen LogP contribution in [0.25, 0.3) is 0 Å². The quantitative estimate of drug-likeness (QED) is 0.702. The monoisotopic (exact) mass is 185 g/mol. The number of likely N-dealkylation sites (N-methyl/N-ethyl adjacent to an activating group) is 1. The lowest BCUT2D eigenvalue weighted by atomic mass is 9.76. The maximum Gasteiger partial charge on any atom is 0.323 e. The van der Waals surface area contributed by atoms with Crippen molar-refractivity contribution in [3.05, 3.63) is 0 Å². The molecule has 0 aromatic carbocycles. The minimum atomic E-state index is -0.690. The van der Waals surface area contributed by atoms with E-state index in [0.717, 1.165) is 31.6 Å². The summed E-state index contributed by atoms with van der Waals surface area (Å²) in [6, 6.07) is 0. The average Bonchev–Trinajstić information content (AvgIpc) is 2.17. The van der Waals surface area contributed by atoms with Crippen LogP contribution in [-0.2, 0) is 4.79 Å². The molecule has 2 N–H and O–H groups in total. The molecule has 13 heavy (non-hydrogen) atoms. The van der Waals surface area contributed by atoms with Crippen molar-refractivity contribution in [3.63, 3.8) is 0 Å². The Morgan fingerprint density at radius 2 is 2.08 bits per heavy atom. The van der Waals surface area contributed by atoms with Crippen molar-refractivity contribution in [1.82, 2.24) is 5.32 Å². The van der Waals surface area contributed by atoms with Crippen LogP contribution in [0.4, 0.5) is 0 Å². The van der Waals surface area contributed by atoms with Gasteiger partial charge in [0.2, 0.25) is 0 Å². The lowest BCUT2D eigenvalue weighted by Gasteiger charge is -2.36. The molecule has 1 aliphatic rings. The Morgan fingerprint density at radius 1 is 1.54 bits per heavy atom. The number of carboxylic acid groups (broad SMARTS) is 1. The van der Waals surface area contributed by atoms with Crippen LogP contribution in [0.15, 0.2) is 0 Å². The molecule has 3 nitrogen and oxygen atoms in total. The largest absolute Gasteiger partial charge is 0.480 e. The van der Waals surface area contributed by atoms with E-state index in [2.05, 4.69) is 12.2 Å². The highest BCUT2D eigenvalue weighted by Gasteiger charge is 2.39. The third-order valence-corrected chi connectivity index (χ3v) is 3.42. The molecular formula is C10H19NO2. The summed E-state index contributed by atoms with van der Waals surface area (Å²) in [5.41, 5.74) is -0.633. The van der Waals surface area contributed by atoms with E-state index in [1.807, 2.05) is 0 Å². The number of hydrogen-bond acceptors (Lipinski definition) is 2. The Labute approximate surface area is 79.5 Å². The standard InChI is InChI=1S/C10H19NO2/c1-3-8-4-6-10(11-2,7-5-8)9(12)13/h8,11H,3-7H2,1-2H3,(H,12,13). The van der Waals surface area contributed by atoms with Gasteiger partial charge in [0.05, 0.1) is 0 Å². The number of aliphatic carboxylic acids is 1. The first kappa shape index (κ1) is 10.5. The van der Waals surface area contributed by atoms with Crippen LogP contribution in [0.1, 0.15) is 39.0 Å². The first-order valence-corrected chi connectivity index (χ1v) is 5.07. The molecule has 0 aromatic heterocycles. The minimum Gasteiger partial charge on any atom is -0.480 e. The molecule has 0 amide bonds. The van der Waals surface area contributed by atoms with Gasteiger partial charge >= 0.3 is 5.97 Å². The highest BCUT2D eigenvalue weighted by atomic mass is 16.4. The molecule has 0 aromatic rings. The Kier molecular flexibility index (Phi) is 3.31. The van der Waals surface area contributed by atoms with Crippen molar-refractivity contribution in [2.45, 2.75) is 44.6 Å². The van der Waals surface area contributed by atoms with Crippen molar-refractivity contribution in [2.24, 2.45) is 5.92 Å². The molecule has 3 heteroatoms. The Hall–Kier alpha value is -0.570. The van der Waals surface area contributed by atoms with Crippen LogP contribution in [0.5, 0.6) is 0 Å². The summed E-state index contributed by atoms with van der Waals surface area (Å²) in [5.74, 6) is 0.0466. The third-order valence-electron chi connectivity index (χ3n) is 3.42. The predicted molar refractivity (Wildman–Crippen MR) is 51.7 cm³/mol. The molecule has 1 aliphatic carbocycles. The van der Waals surface area contributed by atoms with Gasteiger partial charge in [0.1, 0.15) is 5.54 Å². The molecular weight excluding hydrogens is 166 g/mol. The normalized spacial score (nSPS) is 34.5. The molecule has 76 valence electrons. The Balaban J connectivity index is 2.58. The van der Waals surface area contributed by atoms with E-state index in [1.54, 1.807) is 7.05 Å². The van der Waals surface area contributed by atoms with Gasteiger partial charge in [0.15, 0.2) is 0 Å². The van der Waals surface area contributed by atoms with Gasteiger partial charge < -0.3 is 10.4 Å². The molecule has 0 atom stereocenters. The second kappa shape index (κ2) is 4.09. The van der Waals surface area contributed by atoms with Crippen LogP contribution in [0.2, 0.25) is 0 Å². The Morgan fingerprint density at radius 3 is 2.38 bits per heavy atom. The van der Waals surface area contributed by atoms with Crippen molar-refractivity contribution in [3.8, 4) is 0 Å². The van der Waals surface area contributed by atoms with Gasteiger partial charge in [-0.05, 0) is 38.6 Å². The number of carbonyl (C=O) groups is 1. The van der Waals surface area contributed by atoms with Gasteiger partial charge in [-0.1, -0.05) is 13.3 Å². The maximum atomic E-state index is 11.0. The molecule has 1 rings (SSSR count). The van der Waals surface area contributed by atoms with Crippen LogP contribution in [0.3, 0.4) is 0 Å². The number of nitrogens with one attached hydrogen (secondary N) is 1. The van der Waals surface area contributed by atoms with Gasteiger partial charge in [-0.25, -0.2) is 0 Å². The predicted octanol–water partition coefficient (Wildman–Crippen LogP) is 1.63. The minimum absolute atomic E-state index is 0.633. The summed E-state index contributed by atoms with van der Waals surface area (Å²) in [6.45, 7) is 2.18. The van der Waals surface area contributed by atoms with Gasteiger partial charge in [-0.2, -0.15) is 0 Å². The lowest BCUT2D eigenvalue weighted by molar-refractivity contribution is -0.146. The summed E-state index contributed by atoms with van der Waals surface area (Å²) in [4.78, 5) is 11.0. The zero-order valence-corrected chi connectivity index (χ0v) is 8.47. The molecule has 0 saturated heterocycles. The van der Waals surface area contributed by atoms with Gasteiger partial charge in [0, 0.05) is 0 Å². The highest BCUT2D eigenvalue weighted by Crippen LogP contribution is 2.33. The second-order valence-electron chi connectivity index (χ2n) is 3.99. The van der Waals surface area contributed by atoms with Crippen LogP contribution < -0.4 is 5.32 Å². The van der Waals surface area contributed by atoms with E-state index < -0.39 is 11.5 Å². The van der Waals surface area contributed by atoms with Gasteiger partial charge in [-0.15, -0.1) is 0 Å². The first-order valence-electron chi connectivity index (χ1n) is 5.07. The van der Waals surface area contributed by atoms with E-state index in [4.69, 9.17) is 5.11 Å². The molecule has 0 bridgehead atoms. The fourth-order valence-electron chi connectivity index (χ4n) is 2.15. The molecule has 0 heterocycles.